The first-order valence-corrected chi connectivity index (χ1v) is 6.52. The number of hydrogen-bond donors (Lipinski definition) is 2. The number of hydrogen-bond acceptors (Lipinski definition) is 5. The molecule has 1 aromatic heterocycles. The van der Waals surface area contributed by atoms with Gasteiger partial charge in [-0.2, -0.15) is 0 Å². The molecule has 102 valence electrons. The van der Waals surface area contributed by atoms with E-state index in [0.717, 1.165) is 35.9 Å². The van der Waals surface area contributed by atoms with Crippen LogP contribution in [0.4, 0.5) is 5.69 Å². The number of para-hydroxylation sites is 1. The fourth-order valence-corrected chi connectivity index (χ4v) is 1.94. The molecule has 0 spiro atoms. The molecule has 0 saturated heterocycles. The Morgan fingerprint density at radius 1 is 1.37 bits per heavy atom. The summed E-state index contributed by atoms with van der Waals surface area (Å²) < 4.78 is 3.68. The van der Waals surface area contributed by atoms with Gasteiger partial charge in [0.15, 0.2) is 5.69 Å². The van der Waals surface area contributed by atoms with Crippen molar-refractivity contribution in [3.8, 4) is 0 Å². The number of amides is 1. The molecule has 1 amide bonds. The van der Waals surface area contributed by atoms with Crippen molar-refractivity contribution in [1.82, 2.24) is 14.9 Å². The minimum atomic E-state index is -0.229. The third-order valence-electron chi connectivity index (χ3n) is 2.42. The van der Waals surface area contributed by atoms with Gasteiger partial charge in [0, 0.05) is 17.6 Å². The van der Waals surface area contributed by atoms with Crippen LogP contribution in [-0.2, 0) is 6.54 Å². The van der Waals surface area contributed by atoms with Crippen LogP contribution in [0.1, 0.15) is 23.0 Å². The van der Waals surface area contributed by atoms with Crippen LogP contribution in [0.2, 0.25) is 0 Å². The fraction of sp³-hybridized carbons (Fsp3) is 0.250. The molecule has 7 heteroatoms. The maximum Gasteiger partial charge on any atom is 0.277 e. The highest BCUT2D eigenvalue weighted by Gasteiger charge is 2.10. The molecule has 0 unspecified atom stereocenters. The van der Waals surface area contributed by atoms with Crippen molar-refractivity contribution in [3.05, 3.63) is 40.9 Å². The number of nitrogens with zero attached hydrogens (tertiary/aromatic N) is 2. The molecule has 2 N–H and O–H groups in total. The Balaban J connectivity index is 0.00000180. The predicted molar refractivity (Wildman–Crippen MR) is 78.9 cm³/mol. The lowest BCUT2D eigenvalue weighted by Crippen LogP contribution is -2.17. The Hall–Kier alpha value is -1.50. The molecule has 0 aliphatic heterocycles. The highest BCUT2D eigenvalue weighted by atomic mass is 35.5. The van der Waals surface area contributed by atoms with Gasteiger partial charge in [-0.3, -0.25) is 4.79 Å². The monoisotopic (exact) mass is 298 g/mol. The Morgan fingerprint density at radius 2 is 2.16 bits per heavy atom. The summed E-state index contributed by atoms with van der Waals surface area (Å²) in [6, 6.07) is 7.71. The van der Waals surface area contributed by atoms with Gasteiger partial charge in [-0.25, -0.2) is 0 Å². The molecule has 2 rings (SSSR count). The second-order valence-electron chi connectivity index (χ2n) is 3.68. The van der Waals surface area contributed by atoms with E-state index in [1.807, 2.05) is 31.2 Å². The number of benzene rings is 1. The summed E-state index contributed by atoms with van der Waals surface area (Å²) in [7, 11) is 0. The summed E-state index contributed by atoms with van der Waals surface area (Å²) >= 11 is 1.16. The minimum absolute atomic E-state index is 0. The molecule has 0 aliphatic carbocycles. The number of halogens is 1. The molecular weight excluding hydrogens is 284 g/mol. The molecule has 0 radical (unpaired) electrons. The van der Waals surface area contributed by atoms with Gasteiger partial charge in [0.25, 0.3) is 5.91 Å². The number of rotatable bonds is 5. The Bertz CT molecular complexity index is 518. The van der Waals surface area contributed by atoms with E-state index in [0.29, 0.717) is 5.69 Å². The first-order valence-electron chi connectivity index (χ1n) is 5.68. The van der Waals surface area contributed by atoms with Gasteiger partial charge in [-0.05, 0) is 29.7 Å². The average molecular weight is 299 g/mol. The van der Waals surface area contributed by atoms with Crippen LogP contribution in [-0.4, -0.2) is 22.0 Å². The molecule has 2 aromatic rings. The number of carbonyl (C=O) groups excluding carboxylic acids is 1. The van der Waals surface area contributed by atoms with E-state index in [9.17, 15) is 4.79 Å². The summed E-state index contributed by atoms with van der Waals surface area (Å²) in [5, 5.41) is 11.5. The number of anilines is 1. The lowest BCUT2D eigenvalue weighted by atomic mass is 10.1. The molecule has 0 atom stereocenters. The Labute approximate surface area is 122 Å². The van der Waals surface area contributed by atoms with Crippen molar-refractivity contribution in [2.24, 2.45) is 0 Å². The smallest absolute Gasteiger partial charge is 0.277 e. The van der Waals surface area contributed by atoms with E-state index < -0.39 is 0 Å². The third kappa shape index (κ3) is 4.27. The normalized spacial score (nSPS) is 9.74. The topological polar surface area (TPSA) is 66.9 Å². The van der Waals surface area contributed by atoms with Gasteiger partial charge >= 0.3 is 0 Å². The minimum Gasteiger partial charge on any atom is -0.320 e. The van der Waals surface area contributed by atoms with E-state index in [4.69, 9.17) is 0 Å². The zero-order chi connectivity index (χ0) is 12.8. The Kier molecular flexibility index (Phi) is 6.41. The van der Waals surface area contributed by atoms with Crippen LogP contribution in [0.5, 0.6) is 0 Å². The number of aromatic nitrogens is 2. The molecule has 0 bridgehead atoms. The molecular formula is C12H15ClN4OS. The predicted octanol–water partition coefficient (Wildman–Crippen LogP) is 2.32. The van der Waals surface area contributed by atoms with E-state index in [1.54, 1.807) is 5.38 Å². The van der Waals surface area contributed by atoms with E-state index in [2.05, 4.69) is 20.2 Å². The van der Waals surface area contributed by atoms with Gasteiger partial charge in [-0.1, -0.05) is 29.6 Å². The third-order valence-corrected chi connectivity index (χ3v) is 2.93. The Morgan fingerprint density at radius 3 is 2.84 bits per heavy atom. The van der Waals surface area contributed by atoms with Crippen LogP contribution in [0.15, 0.2) is 29.6 Å². The van der Waals surface area contributed by atoms with Crippen LogP contribution in [0, 0.1) is 0 Å². The molecule has 0 saturated carbocycles. The van der Waals surface area contributed by atoms with Crippen molar-refractivity contribution in [1.29, 1.82) is 0 Å². The number of carbonyl (C=O) groups is 1. The molecule has 19 heavy (non-hydrogen) atoms. The zero-order valence-corrected chi connectivity index (χ0v) is 12.1. The first-order chi connectivity index (χ1) is 8.81. The second-order valence-corrected chi connectivity index (χ2v) is 4.29. The lowest BCUT2D eigenvalue weighted by molar-refractivity contribution is 0.102. The van der Waals surface area contributed by atoms with Gasteiger partial charge in [0.1, 0.15) is 0 Å². The quantitative estimate of drug-likeness (QED) is 0.889. The first kappa shape index (κ1) is 15.6. The van der Waals surface area contributed by atoms with E-state index >= 15 is 0 Å². The summed E-state index contributed by atoms with van der Waals surface area (Å²) in [6.07, 6.45) is 0. The van der Waals surface area contributed by atoms with Crippen LogP contribution in [0.3, 0.4) is 0 Å². The second kappa shape index (κ2) is 7.83. The van der Waals surface area contributed by atoms with Gasteiger partial charge in [0.05, 0.1) is 0 Å². The molecule has 1 aromatic carbocycles. The standard InChI is InChI=1S/C12H14N4OS.ClH/c1-2-13-7-9-5-3-4-6-10(9)14-12(17)11-8-18-16-15-11;/h3-6,8,13H,2,7H2,1H3,(H,14,17);1H. The van der Waals surface area contributed by atoms with E-state index in [-0.39, 0.29) is 18.3 Å². The van der Waals surface area contributed by atoms with Crippen LogP contribution >= 0.6 is 23.9 Å². The fourth-order valence-electron chi connectivity index (χ4n) is 1.51. The summed E-state index contributed by atoms with van der Waals surface area (Å²) in [6.45, 7) is 3.66. The lowest BCUT2D eigenvalue weighted by Gasteiger charge is -2.10. The highest BCUT2D eigenvalue weighted by Crippen LogP contribution is 2.15. The van der Waals surface area contributed by atoms with Gasteiger partial charge in [0.2, 0.25) is 0 Å². The van der Waals surface area contributed by atoms with Crippen molar-refractivity contribution in [2.75, 3.05) is 11.9 Å². The summed E-state index contributed by atoms with van der Waals surface area (Å²) in [5.74, 6) is -0.229. The van der Waals surface area contributed by atoms with Crippen molar-refractivity contribution < 1.29 is 4.79 Å². The average Bonchev–Trinajstić information content (AvgIpc) is 2.91. The highest BCUT2D eigenvalue weighted by molar-refractivity contribution is 7.03. The zero-order valence-electron chi connectivity index (χ0n) is 10.4. The summed E-state index contributed by atoms with van der Waals surface area (Å²) in [4.78, 5) is 11.9. The maximum atomic E-state index is 11.9. The van der Waals surface area contributed by atoms with Crippen LogP contribution < -0.4 is 10.6 Å². The number of nitrogens with one attached hydrogen (secondary N) is 2. The van der Waals surface area contributed by atoms with Crippen molar-refractivity contribution in [3.63, 3.8) is 0 Å². The molecule has 0 aliphatic rings. The van der Waals surface area contributed by atoms with Crippen molar-refractivity contribution >= 4 is 35.5 Å². The molecule has 1 heterocycles. The molecule has 0 fully saturated rings. The molecule has 5 nitrogen and oxygen atoms in total. The van der Waals surface area contributed by atoms with Crippen molar-refractivity contribution in [2.45, 2.75) is 13.5 Å². The SMILES string of the molecule is CCNCc1ccccc1NC(=O)c1csnn1.Cl. The van der Waals surface area contributed by atoms with E-state index in [1.165, 1.54) is 0 Å². The van der Waals surface area contributed by atoms with Gasteiger partial charge < -0.3 is 10.6 Å². The summed E-state index contributed by atoms with van der Waals surface area (Å²) in [5.41, 5.74) is 2.20. The maximum absolute atomic E-state index is 11.9. The van der Waals surface area contributed by atoms with Crippen LogP contribution in [0.25, 0.3) is 0 Å². The largest absolute Gasteiger partial charge is 0.320 e. The van der Waals surface area contributed by atoms with Gasteiger partial charge in [-0.15, -0.1) is 17.5 Å².